The quantitative estimate of drug-likeness (QED) is 0.563. The third kappa shape index (κ3) is 2.81. The number of hydrogen-bond donors (Lipinski definition) is 2. The van der Waals surface area contributed by atoms with Gasteiger partial charge in [0.2, 0.25) is 0 Å². The van der Waals surface area contributed by atoms with Crippen molar-refractivity contribution in [3.8, 4) is 11.4 Å². The predicted octanol–water partition coefficient (Wildman–Crippen LogP) is 3.59. The van der Waals surface area contributed by atoms with E-state index in [1.807, 2.05) is 18.2 Å². The van der Waals surface area contributed by atoms with Crippen molar-refractivity contribution in [2.24, 2.45) is 0 Å². The van der Waals surface area contributed by atoms with E-state index < -0.39 is 0 Å². The molecule has 0 aliphatic carbocycles. The van der Waals surface area contributed by atoms with Gasteiger partial charge in [-0.15, -0.1) is 0 Å². The second-order valence-corrected chi connectivity index (χ2v) is 5.50. The Kier molecular flexibility index (Phi) is 3.63. The zero-order valence-corrected chi connectivity index (χ0v) is 13.1. The summed E-state index contributed by atoms with van der Waals surface area (Å²) in [7, 11) is 0. The molecule has 0 unspecified atom stereocenters. The minimum absolute atomic E-state index is 0.204. The first-order valence-corrected chi connectivity index (χ1v) is 7.71. The fraction of sp³-hybridized carbons (Fsp3) is 0. The number of hydrogen-bond acceptors (Lipinski definition) is 4. The predicted molar refractivity (Wildman–Crippen MR) is 94.5 cm³/mol. The summed E-state index contributed by atoms with van der Waals surface area (Å²) in [6.07, 6.45) is 3.15. The van der Waals surface area contributed by atoms with E-state index in [1.54, 1.807) is 54.9 Å². The van der Waals surface area contributed by atoms with E-state index in [1.165, 1.54) is 0 Å². The average Bonchev–Trinajstić information content (AvgIpc) is 3.00. The number of carbonyl (C=O) groups is 1. The SMILES string of the molecule is O=C(Nc1ccc(-c2nc3ccccc3n2O)cc1)c1ccncc1. The van der Waals surface area contributed by atoms with Crippen molar-refractivity contribution in [3.05, 3.63) is 78.6 Å². The van der Waals surface area contributed by atoms with Gasteiger partial charge >= 0.3 is 0 Å². The smallest absolute Gasteiger partial charge is 0.255 e. The highest BCUT2D eigenvalue weighted by molar-refractivity contribution is 6.04. The number of anilines is 1. The highest BCUT2D eigenvalue weighted by Gasteiger charge is 2.12. The molecule has 2 aromatic heterocycles. The van der Waals surface area contributed by atoms with E-state index in [4.69, 9.17) is 0 Å². The second kappa shape index (κ2) is 6.09. The number of aromatic nitrogens is 3. The molecule has 0 bridgehead atoms. The van der Waals surface area contributed by atoms with Crippen molar-refractivity contribution in [1.82, 2.24) is 14.7 Å². The van der Waals surface area contributed by atoms with E-state index in [0.717, 1.165) is 15.8 Å². The molecule has 2 N–H and O–H groups in total. The Morgan fingerprint density at radius 2 is 1.68 bits per heavy atom. The van der Waals surface area contributed by atoms with Crippen LogP contribution in [0.1, 0.15) is 10.4 Å². The molecule has 0 aliphatic heterocycles. The molecule has 0 atom stereocenters. The molecule has 0 fully saturated rings. The van der Waals surface area contributed by atoms with Crippen molar-refractivity contribution in [3.63, 3.8) is 0 Å². The lowest BCUT2D eigenvalue weighted by molar-refractivity contribution is 0.102. The Morgan fingerprint density at radius 1 is 0.960 bits per heavy atom. The number of rotatable bonds is 3. The third-order valence-corrected chi connectivity index (χ3v) is 3.88. The largest absolute Gasteiger partial charge is 0.426 e. The van der Waals surface area contributed by atoms with Crippen LogP contribution >= 0.6 is 0 Å². The van der Waals surface area contributed by atoms with Gasteiger partial charge < -0.3 is 10.5 Å². The van der Waals surface area contributed by atoms with Crippen LogP contribution in [0.3, 0.4) is 0 Å². The Labute approximate surface area is 143 Å². The summed E-state index contributed by atoms with van der Waals surface area (Å²) in [6.45, 7) is 0. The van der Waals surface area contributed by atoms with Crippen molar-refractivity contribution >= 4 is 22.6 Å². The van der Waals surface area contributed by atoms with Crippen molar-refractivity contribution in [1.29, 1.82) is 0 Å². The summed E-state index contributed by atoms with van der Waals surface area (Å²) in [5.41, 5.74) is 3.31. The molecule has 4 aromatic rings. The van der Waals surface area contributed by atoms with Gasteiger partial charge in [-0.2, -0.15) is 4.73 Å². The van der Waals surface area contributed by atoms with Crippen LogP contribution in [0.25, 0.3) is 22.4 Å². The number of para-hydroxylation sites is 2. The number of imidazole rings is 1. The number of benzene rings is 2. The summed E-state index contributed by atoms with van der Waals surface area (Å²) < 4.78 is 1.07. The summed E-state index contributed by atoms with van der Waals surface area (Å²) >= 11 is 0. The first-order chi connectivity index (χ1) is 12.2. The topological polar surface area (TPSA) is 80.0 Å². The third-order valence-electron chi connectivity index (χ3n) is 3.88. The first kappa shape index (κ1) is 14.9. The van der Waals surface area contributed by atoms with Crippen LogP contribution in [0.15, 0.2) is 73.1 Å². The lowest BCUT2D eigenvalue weighted by atomic mass is 10.2. The van der Waals surface area contributed by atoms with Crippen LogP contribution in [-0.4, -0.2) is 25.8 Å². The van der Waals surface area contributed by atoms with Crippen LogP contribution in [0.4, 0.5) is 5.69 Å². The zero-order valence-electron chi connectivity index (χ0n) is 13.1. The molecule has 25 heavy (non-hydrogen) atoms. The molecular weight excluding hydrogens is 316 g/mol. The molecular formula is C19H14N4O2. The molecule has 6 nitrogen and oxygen atoms in total. The fourth-order valence-electron chi connectivity index (χ4n) is 2.61. The van der Waals surface area contributed by atoms with Crippen molar-refractivity contribution in [2.75, 3.05) is 5.32 Å². The standard InChI is InChI=1S/C19H14N4O2/c24-19(14-9-11-20-12-10-14)21-15-7-5-13(6-8-15)18-22-16-3-1-2-4-17(16)23(18)25/h1-12,25H,(H,21,24). The summed E-state index contributed by atoms with van der Waals surface area (Å²) in [5.74, 6) is 0.248. The second-order valence-electron chi connectivity index (χ2n) is 5.50. The van der Waals surface area contributed by atoms with E-state index >= 15 is 0 Å². The molecule has 0 radical (unpaired) electrons. The maximum Gasteiger partial charge on any atom is 0.255 e. The number of nitrogens with one attached hydrogen (secondary N) is 1. The average molecular weight is 330 g/mol. The molecule has 2 aromatic carbocycles. The number of nitrogens with zero attached hydrogens (tertiary/aromatic N) is 3. The van der Waals surface area contributed by atoms with Crippen LogP contribution in [-0.2, 0) is 0 Å². The Morgan fingerprint density at radius 3 is 2.40 bits per heavy atom. The van der Waals surface area contributed by atoms with E-state index in [9.17, 15) is 10.0 Å². The molecule has 0 spiro atoms. The molecule has 4 rings (SSSR count). The number of carbonyl (C=O) groups excluding carboxylic acids is 1. The van der Waals surface area contributed by atoms with Gasteiger partial charge in [0, 0.05) is 29.2 Å². The van der Waals surface area contributed by atoms with Crippen LogP contribution in [0.5, 0.6) is 0 Å². The minimum Gasteiger partial charge on any atom is -0.426 e. The van der Waals surface area contributed by atoms with Gasteiger partial charge in [-0.05, 0) is 48.5 Å². The molecule has 0 saturated heterocycles. The van der Waals surface area contributed by atoms with Crippen molar-refractivity contribution in [2.45, 2.75) is 0 Å². The first-order valence-electron chi connectivity index (χ1n) is 7.71. The molecule has 0 aliphatic rings. The highest BCUT2D eigenvalue weighted by Crippen LogP contribution is 2.24. The molecule has 1 amide bonds. The van der Waals surface area contributed by atoms with E-state index in [-0.39, 0.29) is 5.91 Å². The lowest BCUT2D eigenvalue weighted by Gasteiger charge is -2.06. The van der Waals surface area contributed by atoms with Crippen LogP contribution in [0, 0.1) is 0 Å². The molecule has 6 heteroatoms. The minimum atomic E-state index is -0.204. The highest BCUT2D eigenvalue weighted by atomic mass is 16.5. The fourth-order valence-corrected chi connectivity index (χ4v) is 2.61. The Hall–Kier alpha value is -3.67. The lowest BCUT2D eigenvalue weighted by Crippen LogP contribution is -2.11. The molecule has 0 saturated carbocycles. The van der Waals surface area contributed by atoms with Crippen LogP contribution in [0.2, 0.25) is 0 Å². The number of fused-ring (bicyclic) bond motifs is 1. The molecule has 2 heterocycles. The van der Waals surface area contributed by atoms with Gasteiger partial charge in [0.25, 0.3) is 5.91 Å². The normalized spacial score (nSPS) is 10.7. The van der Waals surface area contributed by atoms with E-state index in [2.05, 4.69) is 15.3 Å². The van der Waals surface area contributed by atoms with Gasteiger partial charge in [-0.3, -0.25) is 9.78 Å². The number of amides is 1. The Bertz CT molecular complexity index is 1040. The molecule has 122 valence electrons. The maximum atomic E-state index is 12.1. The Balaban J connectivity index is 1.59. The van der Waals surface area contributed by atoms with Crippen LogP contribution < -0.4 is 5.32 Å². The van der Waals surface area contributed by atoms with Gasteiger partial charge in [-0.1, -0.05) is 12.1 Å². The van der Waals surface area contributed by atoms with E-state index in [0.29, 0.717) is 22.6 Å². The van der Waals surface area contributed by atoms with Gasteiger partial charge in [0.15, 0.2) is 5.82 Å². The maximum absolute atomic E-state index is 12.1. The van der Waals surface area contributed by atoms with Crippen molar-refractivity contribution < 1.29 is 10.0 Å². The zero-order chi connectivity index (χ0) is 17.2. The number of pyridine rings is 1. The summed E-state index contributed by atoms with van der Waals surface area (Å²) in [6, 6.07) is 17.8. The van der Waals surface area contributed by atoms with Gasteiger partial charge in [0.05, 0.1) is 5.52 Å². The van der Waals surface area contributed by atoms with Gasteiger partial charge in [-0.25, -0.2) is 4.98 Å². The monoisotopic (exact) mass is 330 g/mol. The summed E-state index contributed by atoms with van der Waals surface area (Å²) in [5, 5.41) is 13.1. The van der Waals surface area contributed by atoms with Gasteiger partial charge in [0.1, 0.15) is 5.52 Å². The summed E-state index contributed by atoms with van der Waals surface area (Å²) in [4.78, 5) is 20.5.